The Balaban J connectivity index is 2.91. The third-order valence-electron chi connectivity index (χ3n) is 3.45. The zero-order chi connectivity index (χ0) is 18.5. The Bertz CT molecular complexity index is 588. The molecule has 1 aromatic carbocycles. The van der Waals surface area contributed by atoms with Crippen LogP contribution < -0.4 is 11.1 Å². The van der Waals surface area contributed by atoms with Crippen molar-refractivity contribution in [2.24, 2.45) is 0 Å². The van der Waals surface area contributed by atoms with Crippen LogP contribution in [0.1, 0.15) is 49.7 Å². The van der Waals surface area contributed by atoms with Gasteiger partial charge in [0.05, 0.1) is 7.85 Å². The van der Waals surface area contributed by atoms with Crippen LogP contribution >= 0.6 is 15.9 Å². The third-order valence-corrected chi connectivity index (χ3v) is 4.50. The summed E-state index contributed by atoms with van der Waals surface area (Å²) in [4.78, 5) is 11.8. The molecule has 0 aliphatic rings. The van der Waals surface area contributed by atoms with Crippen molar-refractivity contribution in [3.8, 4) is 0 Å². The summed E-state index contributed by atoms with van der Waals surface area (Å²) in [5.74, 6) is -0.473. The number of nitrogen functional groups attached to an aromatic ring is 1. The van der Waals surface area contributed by atoms with Crippen LogP contribution in [0.2, 0.25) is 0 Å². The predicted molar refractivity (Wildman–Crippen MR) is 101 cm³/mol. The second-order valence-corrected chi connectivity index (χ2v) is 7.60. The van der Waals surface area contributed by atoms with Crippen molar-refractivity contribution in [2.75, 3.05) is 18.9 Å². The first-order chi connectivity index (χ1) is 11.1. The van der Waals surface area contributed by atoms with E-state index in [0.717, 1.165) is 21.2 Å². The van der Waals surface area contributed by atoms with Gasteiger partial charge < -0.3 is 20.9 Å². The summed E-state index contributed by atoms with van der Waals surface area (Å²) in [6.45, 7) is 7.68. The van der Waals surface area contributed by atoms with Crippen LogP contribution in [0, 0.1) is 6.92 Å². The highest BCUT2D eigenvalue weighted by Gasteiger charge is 2.20. The largest absolute Gasteiger partial charge is 0.444 e. The van der Waals surface area contributed by atoms with Crippen molar-refractivity contribution in [1.29, 1.82) is 0 Å². The topological polar surface area (TPSA) is 84.6 Å². The first-order valence-corrected chi connectivity index (χ1v) is 8.76. The van der Waals surface area contributed by atoms with Gasteiger partial charge in [0, 0.05) is 23.3 Å². The van der Waals surface area contributed by atoms with E-state index in [4.69, 9.17) is 23.4 Å². The molecule has 132 valence electrons. The number of benzene rings is 1. The van der Waals surface area contributed by atoms with E-state index in [1.807, 2.05) is 13.0 Å². The lowest BCUT2D eigenvalue weighted by Crippen LogP contribution is -2.35. The van der Waals surface area contributed by atoms with Gasteiger partial charge in [-0.15, -0.1) is 0 Å². The smallest absolute Gasteiger partial charge is 0.407 e. The molecule has 1 unspecified atom stereocenters. The maximum atomic E-state index is 11.8. The number of ether oxygens (including phenoxy) is 1. The lowest BCUT2D eigenvalue weighted by atomic mass is 9.78. The second kappa shape index (κ2) is 8.76. The van der Waals surface area contributed by atoms with Crippen LogP contribution in [0.5, 0.6) is 0 Å². The van der Waals surface area contributed by atoms with E-state index >= 15 is 0 Å². The molecule has 24 heavy (non-hydrogen) atoms. The van der Waals surface area contributed by atoms with Crippen LogP contribution in [-0.2, 0) is 11.2 Å². The monoisotopic (exact) mass is 396 g/mol. The van der Waals surface area contributed by atoms with Gasteiger partial charge in [0.2, 0.25) is 0 Å². The standard InChI is InChI=1S/C17H26BBrN2O3/c1-10-8-11(6-5-7-22)15(20)13(14(10)19)12(18)9-21-16(23)24-17(2,3)4/h8,12,22H,5-7,9,20H2,1-4H3,(H,21,23). The summed E-state index contributed by atoms with van der Waals surface area (Å²) in [5.41, 5.74) is 9.03. The zero-order valence-electron chi connectivity index (χ0n) is 14.8. The average molecular weight is 397 g/mol. The molecule has 5 nitrogen and oxygen atoms in total. The van der Waals surface area contributed by atoms with E-state index in [1.54, 1.807) is 20.8 Å². The molecule has 0 fully saturated rings. The van der Waals surface area contributed by atoms with Crippen molar-refractivity contribution in [2.45, 2.75) is 52.0 Å². The van der Waals surface area contributed by atoms with E-state index in [9.17, 15) is 4.79 Å². The third kappa shape index (κ3) is 6.02. The van der Waals surface area contributed by atoms with Gasteiger partial charge in [-0.2, -0.15) is 0 Å². The van der Waals surface area contributed by atoms with Crippen LogP contribution in [-0.4, -0.2) is 37.8 Å². The van der Waals surface area contributed by atoms with Crippen molar-refractivity contribution in [3.63, 3.8) is 0 Å². The molecule has 0 saturated carbocycles. The summed E-state index contributed by atoms with van der Waals surface area (Å²) >= 11 is 3.54. The number of aliphatic hydroxyl groups is 1. The number of anilines is 1. The summed E-state index contributed by atoms with van der Waals surface area (Å²) in [6.07, 6.45) is 0.798. The molecule has 1 amide bonds. The fourth-order valence-electron chi connectivity index (χ4n) is 2.35. The van der Waals surface area contributed by atoms with E-state index in [-0.39, 0.29) is 13.2 Å². The minimum atomic E-state index is -0.561. The fourth-order valence-corrected chi connectivity index (χ4v) is 2.98. The van der Waals surface area contributed by atoms with Crippen LogP contribution in [0.4, 0.5) is 10.5 Å². The Morgan fingerprint density at radius 2 is 2.12 bits per heavy atom. The zero-order valence-corrected chi connectivity index (χ0v) is 16.4. The number of aliphatic hydroxyl groups excluding tert-OH is 1. The van der Waals surface area contributed by atoms with Gasteiger partial charge in [0.15, 0.2) is 0 Å². The van der Waals surface area contributed by atoms with Crippen LogP contribution in [0.15, 0.2) is 10.5 Å². The van der Waals surface area contributed by atoms with Gasteiger partial charge in [0.1, 0.15) is 5.60 Å². The molecule has 0 saturated heterocycles. The van der Waals surface area contributed by atoms with Crippen molar-refractivity contribution in [3.05, 3.63) is 27.2 Å². The first kappa shape index (κ1) is 20.8. The van der Waals surface area contributed by atoms with E-state index in [2.05, 4.69) is 21.2 Å². The minimum absolute atomic E-state index is 0.107. The van der Waals surface area contributed by atoms with Gasteiger partial charge in [-0.1, -0.05) is 22.0 Å². The van der Waals surface area contributed by atoms with Crippen molar-refractivity contribution >= 4 is 35.6 Å². The lowest BCUT2D eigenvalue weighted by Gasteiger charge is -2.23. The fraction of sp³-hybridized carbons (Fsp3) is 0.588. The minimum Gasteiger partial charge on any atom is -0.444 e. The van der Waals surface area contributed by atoms with Crippen LogP contribution in [0.3, 0.4) is 0 Å². The maximum absolute atomic E-state index is 11.8. The maximum Gasteiger partial charge on any atom is 0.407 e. The number of nitrogens with two attached hydrogens (primary N) is 1. The van der Waals surface area contributed by atoms with E-state index in [1.165, 1.54) is 0 Å². The number of hydrogen-bond acceptors (Lipinski definition) is 4. The van der Waals surface area contributed by atoms with Crippen molar-refractivity contribution in [1.82, 2.24) is 5.32 Å². The van der Waals surface area contributed by atoms with Gasteiger partial charge in [-0.3, -0.25) is 0 Å². The molecule has 0 heterocycles. The number of alkyl carbamates (subject to hydrolysis) is 1. The molecular weight excluding hydrogens is 371 g/mol. The number of rotatable bonds is 6. The van der Waals surface area contributed by atoms with Crippen molar-refractivity contribution < 1.29 is 14.6 Å². The molecule has 7 heteroatoms. The SMILES string of the molecule is [B]C(CNC(=O)OC(C)(C)C)c1c(N)c(CCCO)cc(C)c1Br. The summed E-state index contributed by atoms with van der Waals surface area (Å²) in [5, 5.41) is 11.7. The number of aryl methyl sites for hydroxylation is 2. The molecule has 0 aromatic heterocycles. The Kier molecular flexibility index (Phi) is 7.61. The predicted octanol–water partition coefficient (Wildman–Crippen LogP) is 3.00. The Morgan fingerprint density at radius 3 is 2.67 bits per heavy atom. The van der Waals surface area contributed by atoms with Gasteiger partial charge in [0.25, 0.3) is 0 Å². The highest BCUT2D eigenvalue weighted by Crippen LogP contribution is 2.34. The van der Waals surface area contributed by atoms with Gasteiger partial charge in [-0.05, 0) is 63.0 Å². The molecule has 1 atom stereocenters. The molecule has 1 rings (SSSR count). The summed E-state index contributed by atoms with van der Waals surface area (Å²) in [6, 6.07) is 1.99. The molecule has 4 N–H and O–H groups in total. The lowest BCUT2D eigenvalue weighted by molar-refractivity contribution is 0.0527. The van der Waals surface area contributed by atoms with E-state index in [0.29, 0.717) is 18.5 Å². The number of carbonyl (C=O) groups is 1. The Hall–Kier alpha value is -1.21. The normalized spacial score (nSPS) is 12.8. The number of amides is 1. The van der Waals surface area contributed by atoms with Crippen LogP contribution in [0.25, 0.3) is 0 Å². The molecule has 0 aliphatic carbocycles. The summed E-state index contributed by atoms with van der Waals surface area (Å²) < 4.78 is 6.05. The molecular formula is C17H26BBrN2O3. The highest BCUT2D eigenvalue weighted by atomic mass is 79.9. The highest BCUT2D eigenvalue weighted by molar-refractivity contribution is 9.10. The Labute approximate surface area is 153 Å². The second-order valence-electron chi connectivity index (χ2n) is 6.81. The first-order valence-electron chi connectivity index (χ1n) is 7.97. The number of carbonyl (C=O) groups excluding carboxylic acids is 1. The van der Waals surface area contributed by atoms with Gasteiger partial charge >= 0.3 is 6.09 Å². The quantitative estimate of drug-likeness (QED) is 0.509. The summed E-state index contributed by atoms with van der Waals surface area (Å²) in [7, 11) is 6.25. The van der Waals surface area contributed by atoms with E-state index < -0.39 is 17.5 Å². The number of hydrogen-bond donors (Lipinski definition) is 3. The van der Waals surface area contributed by atoms with Gasteiger partial charge in [-0.25, -0.2) is 4.79 Å². The Morgan fingerprint density at radius 1 is 1.50 bits per heavy atom. The average Bonchev–Trinajstić information content (AvgIpc) is 2.46. The molecule has 0 aliphatic heterocycles. The number of halogens is 1. The molecule has 2 radical (unpaired) electrons. The number of nitrogens with one attached hydrogen (secondary N) is 1. The molecule has 1 aromatic rings. The molecule has 0 spiro atoms. The molecule has 0 bridgehead atoms.